The van der Waals surface area contributed by atoms with Crippen molar-refractivity contribution in [2.24, 2.45) is 0 Å². The van der Waals surface area contributed by atoms with E-state index in [0.29, 0.717) is 5.71 Å². The first-order chi connectivity index (χ1) is 6.45. The lowest BCUT2D eigenvalue weighted by Crippen LogP contribution is -1.81. The molecule has 0 unspecified atom stereocenters. The van der Waals surface area contributed by atoms with Crippen LogP contribution in [0.1, 0.15) is 0 Å². The Balaban J connectivity index is 2.64. The molecule has 0 fully saturated rings. The highest BCUT2D eigenvalue weighted by Gasteiger charge is 2.06. The van der Waals surface area contributed by atoms with Crippen LogP contribution in [-0.4, -0.2) is 15.2 Å². The third-order valence-electron chi connectivity index (χ3n) is 1.94. The third-order valence-corrected chi connectivity index (χ3v) is 1.94. The molecular weight excluding hydrogens is 166 g/mol. The molecule has 0 atom stereocenters. The fourth-order valence-electron chi connectivity index (χ4n) is 1.37. The van der Waals surface area contributed by atoms with Crippen molar-refractivity contribution < 1.29 is 4.42 Å². The minimum atomic E-state index is 0.490. The fourth-order valence-corrected chi connectivity index (χ4v) is 1.37. The van der Waals surface area contributed by atoms with Gasteiger partial charge in [-0.25, -0.2) is 4.98 Å². The van der Waals surface area contributed by atoms with Gasteiger partial charge in [-0.2, -0.15) is 0 Å². The average molecular weight is 171 g/mol. The second kappa shape index (κ2) is 2.26. The minimum absolute atomic E-state index is 0.490. The number of hydrogen-bond acceptors (Lipinski definition) is 4. The van der Waals surface area contributed by atoms with Crippen molar-refractivity contribution in [3.8, 4) is 0 Å². The van der Waals surface area contributed by atoms with E-state index in [1.165, 1.54) is 6.33 Å². The minimum Gasteiger partial charge on any atom is -0.435 e. The van der Waals surface area contributed by atoms with Crippen LogP contribution in [-0.2, 0) is 0 Å². The maximum atomic E-state index is 5.42. The normalized spacial score (nSPS) is 11.1. The smallest absolute Gasteiger partial charge is 0.265 e. The quantitative estimate of drug-likeness (QED) is 0.517. The van der Waals surface area contributed by atoms with E-state index < -0.39 is 0 Å². The zero-order valence-corrected chi connectivity index (χ0v) is 6.64. The summed E-state index contributed by atoms with van der Waals surface area (Å²) >= 11 is 0. The monoisotopic (exact) mass is 171 g/mol. The number of rotatable bonds is 0. The molecular formula is C9H5N3O. The van der Waals surface area contributed by atoms with Gasteiger partial charge in [0, 0.05) is 5.39 Å². The number of hydrogen-bond donors (Lipinski definition) is 0. The first kappa shape index (κ1) is 6.54. The molecule has 3 aromatic rings. The van der Waals surface area contributed by atoms with Crippen molar-refractivity contribution in [1.82, 2.24) is 15.2 Å². The van der Waals surface area contributed by atoms with Gasteiger partial charge >= 0.3 is 0 Å². The van der Waals surface area contributed by atoms with E-state index in [2.05, 4.69) is 15.2 Å². The third kappa shape index (κ3) is 0.823. The van der Waals surface area contributed by atoms with Crippen molar-refractivity contribution >= 4 is 22.2 Å². The number of furan rings is 1. The molecule has 62 valence electrons. The molecule has 0 bridgehead atoms. The Kier molecular flexibility index (Phi) is 1.14. The van der Waals surface area contributed by atoms with Crippen LogP contribution in [0.25, 0.3) is 22.2 Å². The van der Waals surface area contributed by atoms with Crippen molar-refractivity contribution in [2.45, 2.75) is 0 Å². The summed E-state index contributed by atoms with van der Waals surface area (Å²) in [7, 11) is 0. The van der Waals surface area contributed by atoms with E-state index in [-0.39, 0.29) is 0 Å². The highest BCUT2D eigenvalue weighted by Crippen LogP contribution is 2.23. The summed E-state index contributed by atoms with van der Waals surface area (Å²) in [6.07, 6.45) is 1.42. The Morgan fingerprint density at radius 3 is 3.08 bits per heavy atom. The standard InChI is InChI=1S/C9H5N3O/c1-2-4-7-6(3-1)8-9(13-7)12-11-5-10-8/h1-5H. The maximum Gasteiger partial charge on any atom is 0.265 e. The topological polar surface area (TPSA) is 51.8 Å². The molecule has 0 saturated heterocycles. The van der Waals surface area contributed by atoms with Crippen LogP contribution in [0.15, 0.2) is 35.0 Å². The second-order valence-corrected chi connectivity index (χ2v) is 2.71. The Labute approximate surface area is 73.2 Å². The van der Waals surface area contributed by atoms with Crippen LogP contribution in [0.5, 0.6) is 0 Å². The van der Waals surface area contributed by atoms with Gasteiger partial charge in [0.15, 0.2) is 0 Å². The van der Waals surface area contributed by atoms with Gasteiger partial charge in [0.05, 0.1) is 0 Å². The Morgan fingerprint density at radius 2 is 2.08 bits per heavy atom. The van der Waals surface area contributed by atoms with Gasteiger partial charge in [-0.1, -0.05) is 12.1 Å². The van der Waals surface area contributed by atoms with Crippen LogP contribution in [0.2, 0.25) is 0 Å². The molecule has 0 amide bonds. The van der Waals surface area contributed by atoms with E-state index in [0.717, 1.165) is 16.5 Å². The van der Waals surface area contributed by atoms with Crippen molar-refractivity contribution in [2.75, 3.05) is 0 Å². The summed E-state index contributed by atoms with van der Waals surface area (Å²) in [6.45, 7) is 0. The van der Waals surface area contributed by atoms with Crippen molar-refractivity contribution in [1.29, 1.82) is 0 Å². The van der Waals surface area contributed by atoms with Crippen LogP contribution in [0.3, 0.4) is 0 Å². The van der Waals surface area contributed by atoms with Crippen LogP contribution in [0.4, 0.5) is 0 Å². The lowest BCUT2D eigenvalue weighted by atomic mass is 10.2. The van der Waals surface area contributed by atoms with E-state index in [1.807, 2.05) is 24.3 Å². The number of benzene rings is 1. The SMILES string of the molecule is c1ccc2c(c1)oc1nncnc12. The van der Waals surface area contributed by atoms with Crippen molar-refractivity contribution in [3.63, 3.8) is 0 Å². The molecule has 0 aliphatic rings. The van der Waals surface area contributed by atoms with Gasteiger partial charge in [0.25, 0.3) is 5.71 Å². The van der Waals surface area contributed by atoms with E-state index in [4.69, 9.17) is 4.42 Å². The Bertz CT molecular complexity index is 523. The summed E-state index contributed by atoms with van der Waals surface area (Å²) in [6, 6.07) is 7.70. The van der Waals surface area contributed by atoms with Gasteiger partial charge in [-0.05, 0) is 12.1 Å². The summed E-state index contributed by atoms with van der Waals surface area (Å²) in [5.41, 5.74) is 2.06. The molecule has 0 saturated carbocycles. The van der Waals surface area contributed by atoms with Crippen LogP contribution >= 0.6 is 0 Å². The highest BCUT2D eigenvalue weighted by atomic mass is 16.3. The average Bonchev–Trinajstić information content (AvgIpc) is 2.56. The number of nitrogens with zero attached hydrogens (tertiary/aromatic N) is 3. The van der Waals surface area contributed by atoms with E-state index >= 15 is 0 Å². The zero-order chi connectivity index (χ0) is 8.67. The molecule has 0 aliphatic carbocycles. The van der Waals surface area contributed by atoms with Crippen LogP contribution in [0, 0.1) is 0 Å². The largest absolute Gasteiger partial charge is 0.435 e. The molecule has 2 heterocycles. The predicted octanol–water partition coefficient (Wildman–Crippen LogP) is 1.77. The first-order valence-corrected chi connectivity index (χ1v) is 3.90. The molecule has 13 heavy (non-hydrogen) atoms. The van der Waals surface area contributed by atoms with E-state index in [9.17, 15) is 0 Å². The lowest BCUT2D eigenvalue weighted by Gasteiger charge is -1.83. The summed E-state index contributed by atoms with van der Waals surface area (Å²) < 4.78 is 5.42. The lowest BCUT2D eigenvalue weighted by molar-refractivity contribution is 0.643. The number of aromatic nitrogens is 3. The molecule has 4 heteroatoms. The van der Waals surface area contributed by atoms with Gasteiger partial charge in [-0.15, -0.1) is 10.2 Å². The molecule has 4 nitrogen and oxygen atoms in total. The van der Waals surface area contributed by atoms with Gasteiger partial charge in [0.2, 0.25) is 0 Å². The van der Waals surface area contributed by atoms with Gasteiger partial charge < -0.3 is 4.42 Å². The maximum absolute atomic E-state index is 5.42. The second-order valence-electron chi connectivity index (χ2n) is 2.71. The summed E-state index contributed by atoms with van der Waals surface area (Å²) in [4.78, 5) is 4.10. The molecule has 3 rings (SSSR count). The van der Waals surface area contributed by atoms with Gasteiger partial charge in [-0.3, -0.25) is 0 Å². The molecule has 2 aromatic heterocycles. The fraction of sp³-hybridized carbons (Fsp3) is 0. The molecule has 0 spiro atoms. The van der Waals surface area contributed by atoms with Gasteiger partial charge in [0.1, 0.15) is 17.4 Å². The number of para-hydroxylation sites is 1. The Hall–Kier alpha value is -1.97. The summed E-state index contributed by atoms with van der Waals surface area (Å²) in [5.74, 6) is 0. The molecule has 1 aromatic carbocycles. The van der Waals surface area contributed by atoms with Crippen molar-refractivity contribution in [3.05, 3.63) is 30.6 Å². The van der Waals surface area contributed by atoms with Crippen LogP contribution < -0.4 is 0 Å². The Morgan fingerprint density at radius 1 is 1.15 bits per heavy atom. The molecule has 0 radical (unpaired) electrons. The molecule has 0 aliphatic heterocycles. The zero-order valence-electron chi connectivity index (χ0n) is 6.64. The predicted molar refractivity (Wildman–Crippen MR) is 47.1 cm³/mol. The first-order valence-electron chi connectivity index (χ1n) is 3.90. The molecule has 0 N–H and O–H groups in total. The number of fused-ring (bicyclic) bond motifs is 3. The van der Waals surface area contributed by atoms with E-state index in [1.54, 1.807) is 0 Å². The highest BCUT2D eigenvalue weighted by molar-refractivity contribution is 6.00. The summed E-state index contributed by atoms with van der Waals surface area (Å²) in [5, 5.41) is 8.47.